The molecule has 3 nitrogen and oxygen atoms in total. The van der Waals surface area contributed by atoms with Crippen LogP contribution in [0.2, 0.25) is 0 Å². The minimum Gasteiger partial charge on any atom is -0.318 e. The maximum Gasteiger partial charge on any atom is 0.366 e. The first-order valence-corrected chi connectivity index (χ1v) is 15.6. The summed E-state index contributed by atoms with van der Waals surface area (Å²) in [5.41, 5.74) is 0. The van der Waals surface area contributed by atoms with Gasteiger partial charge in [0.2, 0.25) is 0 Å². The fraction of sp³-hybridized carbons (Fsp3) is 1.00. The Morgan fingerprint density at radius 1 is 0.538 bits per heavy atom. The third-order valence-corrected chi connectivity index (χ3v) is 14.2. The molecule has 2 N–H and O–H groups in total. The molecule has 0 heterocycles. The molecule has 5 heteroatoms. The predicted octanol–water partition coefficient (Wildman–Crippen LogP) is 7.79. The largest absolute Gasteiger partial charge is 0.366 e. The molecule has 0 rings (SSSR count). The van der Waals surface area contributed by atoms with E-state index in [1.807, 2.05) is 0 Å². The summed E-state index contributed by atoms with van der Waals surface area (Å²) >= 11 is 0. The van der Waals surface area contributed by atoms with Crippen molar-refractivity contribution in [2.75, 3.05) is 17.3 Å². The molecule has 0 aromatic carbocycles. The summed E-state index contributed by atoms with van der Waals surface area (Å²) in [6.45, 7) is 2.63. The van der Waals surface area contributed by atoms with Crippen LogP contribution in [0.4, 0.5) is 0 Å². The lowest BCUT2D eigenvalue weighted by atomic mass is 10.2. The van der Waals surface area contributed by atoms with Crippen LogP contribution in [0.15, 0.2) is 0 Å². The molecule has 0 unspecified atom stereocenters. The van der Waals surface area contributed by atoms with Crippen molar-refractivity contribution < 1.29 is 14.4 Å². The highest BCUT2D eigenvalue weighted by atomic mass is 32.8. The van der Waals surface area contributed by atoms with Crippen LogP contribution in [0.25, 0.3) is 0 Å². The van der Waals surface area contributed by atoms with Crippen LogP contribution in [0.3, 0.4) is 0 Å². The smallest absolute Gasteiger partial charge is 0.318 e. The van der Waals surface area contributed by atoms with Gasteiger partial charge in [0.05, 0.1) is 0 Å². The standard InChI is InChI=1S/C21H47O3PS/c1-4-7-10-13-16-19-26(25(22,23)24,20-17-14-11-8-5-2)21-18-15-12-9-6-3/h4-21H2,1-3H3,(H2,22,23,24). The number of rotatable bonds is 19. The molecule has 0 spiro atoms. The van der Waals surface area contributed by atoms with E-state index in [1.54, 1.807) is 0 Å². The fourth-order valence-corrected chi connectivity index (χ4v) is 10.4. The molecule has 0 radical (unpaired) electrons. The minimum absolute atomic E-state index is 0.794. The molecule has 0 saturated carbocycles. The van der Waals surface area contributed by atoms with E-state index in [2.05, 4.69) is 20.8 Å². The molecule has 0 atom stereocenters. The molecule has 0 bridgehead atoms. The molecule has 0 aromatic heterocycles. The minimum atomic E-state index is -3.99. The van der Waals surface area contributed by atoms with Crippen LogP contribution in [0, 0.1) is 0 Å². The molecule has 0 fully saturated rings. The van der Waals surface area contributed by atoms with Crippen molar-refractivity contribution in [3.63, 3.8) is 0 Å². The second-order valence-electron chi connectivity index (χ2n) is 7.85. The van der Waals surface area contributed by atoms with Crippen molar-refractivity contribution in [1.82, 2.24) is 0 Å². The fourth-order valence-electron chi connectivity index (χ4n) is 3.59. The third-order valence-electron chi connectivity index (χ3n) is 5.39. The van der Waals surface area contributed by atoms with Crippen molar-refractivity contribution in [3.05, 3.63) is 0 Å². The van der Waals surface area contributed by atoms with Crippen molar-refractivity contribution in [1.29, 1.82) is 0 Å². The quantitative estimate of drug-likeness (QED) is 0.169. The van der Waals surface area contributed by atoms with Crippen LogP contribution < -0.4 is 0 Å². The third kappa shape index (κ3) is 12.1. The molecule has 0 aliphatic rings. The van der Waals surface area contributed by atoms with Crippen LogP contribution in [-0.4, -0.2) is 27.0 Å². The highest BCUT2D eigenvalue weighted by molar-refractivity contribution is 8.76. The van der Waals surface area contributed by atoms with E-state index in [4.69, 9.17) is 0 Å². The topological polar surface area (TPSA) is 57.5 Å². The molecule has 0 aliphatic heterocycles. The summed E-state index contributed by atoms with van der Waals surface area (Å²) in [5, 5.41) is 0. The van der Waals surface area contributed by atoms with E-state index in [9.17, 15) is 14.4 Å². The number of hydrogen-bond acceptors (Lipinski definition) is 1. The zero-order valence-corrected chi connectivity index (χ0v) is 19.6. The maximum atomic E-state index is 12.5. The Morgan fingerprint density at radius 2 is 0.808 bits per heavy atom. The Kier molecular flexibility index (Phi) is 16.8. The van der Waals surface area contributed by atoms with Crippen LogP contribution in [0.5, 0.6) is 0 Å². The normalized spacial score (nSPS) is 13.3. The average molecular weight is 411 g/mol. The lowest BCUT2D eigenvalue weighted by Crippen LogP contribution is -2.15. The molecule has 0 aliphatic carbocycles. The SMILES string of the molecule is CCCCCCCS(CCCCCCC)(CCCCCCC)P(=O)(O)O. The zero-order chi connectivity index (χ0) is 19.7. The summed E-state index contributed by atoms with van der Waals surface area (Å²) in [6, 6.07) is 0. The molecule has 0 amide bonds. The van der Waals surface area contributed by atoms with Crippen LogP contribution in [0.1, 0.15) is 117 Å². The van der Waals surface area contributed by atoms with Crippen molar-refractivity contribution in [2.45, 2.75) is 117 Å². The molecule has 0 saturated heterocycles. The van der Waals surface area contributed by atoms with Gasteiger partial charge in [-0.3, -0.25) is 0 Å². The van der Waals surface area contributed by atoms with Gasteiger partial charge in [0, 0.05) is 0 Å². The monoisotopic (exact) mass is 410 g/mol. The number of hydrogen-bond donors (Lipinski definition) is 2. The second-order valence-corrected chi connectivity index (χ2v) is 15.8. The van der Waals surface area contributed by atoms with Crippen LogP contribution >= 0.6 is 16.4 Å². The molecule has 160 valence electrons. The van der Waals surface area contributed by atoms with Crippen molar-refractivity contribution >= 4 is 16.4 Å². The first-order valence-electron chi connectivity index (χ1n) is 11.3. The second kappa shape index (κ2) is 16.5. The first-order chi connectivity index (χ1) is 12.4. The molecular weight excluding hydrogens is 363 g/mol. The molecular formula is C21H47O3PS. The predicted molar refractivity (Wildman–Crippen MR) is 121 cm³/mol. The van der Waals surface area contributed by atoms with Crippen LogP contribution in [-0.2, 0) is 4.57 Å². The van der Waals surface area contributed by atoms with Gasteiger partial charge in [-0.05, 0) is 36.5 Å². The van der Waals surface area contributed by atoms with E-state index < -0.39 is 16.4 Å². The summed E-state index contributed by atoms with van der Waals surface area (Å²) < 4.78 is 12.5. The lowest BCUT2D eigenvalue weighted by molar-refractivity contribution is 0.395. The van der Waals surface area contributed by atoms with Gasteiger partial charge in [-0.2, -0.15) is 0 Å². The average Bonchev–Trinajstić information content (AvgIpc) is 2.59. The van der Waals surface area contributed by atoms with Crippen molar-refractivity contribution in [2.24, 2.45) is 0 Å². The van der Waals surface area contributed by atoms with E-state index in [0.29, 0.717) is 0 Å². The highest BCUT2D eigenvalue weighted by Crippen LogP contribution is 2.77. The lowest BCUT2D eigenvalue weighted by Gasteiger charge is -2.40. The first kappa shape index (κ1) is 26.5. The number of unbranched alkanes of at least 4 members (excludes halogenated alkanes) is 12. The van der Waals surface area contributed by atoms with Gasteiger partial charge >= 0.3 is 6.80 Å². The Morgan fingerprint density at radius 3 is 1.04 bits per heavy atom. The van der Waals surface area contributed by atoms with E-state index in [1.165, 1.54) is 57.8 Å². The van der Waals surface area contributed by atoms with E-state index in [0.717, 1.165) is 55.8 Å². The van der Waals surface area contributed by atoms with Gasteiger partial charge in [-0.1, -0.05) is 97.8 Å². The summed E-state index contributed by atoms with van der Waals surface area (Å²) in [6.07, 6.45) is 17.4. The summed E-state index contributed by atoms with van der Waals surface area (Å²) in [5.74, 6) is 2.38. The van der Waals surface area contributed by atoms with E-state index >= 15 is 0 Å². The zero-order valence-electron chi connectivity index (χ0n) is 17.9. The Hall–Kier alpha value is 0.500. The Balaban J connectivity index is 4.74. The van der Waals surface area contributed by atoms with Crippen molar-refractivity contribution in [3.8, 4) is 0 Å². The highest BCUT2D eigenvalue weighted by Gasteiger charge is 2.39. The summed E-state index contributed by atoms with van der Waals surface area (Å²) in [4.78, 5) is 20.6. The Bertz CT molecular complexity index is 321. The molecule has 26 heavy (non-hydrogen) atoms. The van der Waals surface area contributed by atoms with Gasteiger partial charge in [-0.25, -0.2) is 4.57 Å². The summed E-state index contributed by atoms with van der Waals surface area (Å²) in [7, 11) is -1.81. The Labute approximate surface area is 165 Å². The van der Waals surface area contributed by atoms with Gasteiger partial charge < -0.3 is 9.79 Å². The van der Waals surface area contributed by atoms with Gasteiger partial charge in [0.25, 0.3) is 0 Å². The van der Waals surface area contributed by atoms with Gasteiger partial charge in [0.1, 0.15) is 0 Å². The van der Waals surface area contributed by atoms with Gasteiger partial charge in [0.15, 0.2) is 0 Å². The molecule has 0 aromatic rings. The maximum absolute atomic E-state index is 12.5. The van der Waals surface area contributed by atoms with E-state index in [-0.39, 0.29) is 0 Å². The van der Waals surface area contributed by atoms with Gasteiger partial charge in [-0.15, -0.1) is 9.65 Å².